The molecule has 1 atom stereocenters. The summed E-state index contributed by atoms with van der Waals surface area (Å²) in [6, 6.07) is 18.6. The van der Waals surface area contributed by atoms with Crippen molar-refractivity contribution in [2.75, 3.05) is 23.3 Å². The highest BCUT2D eigenvalue weighted by molar-refractivity contribution is 5.93. The lowest BCUT2D eigenvalue weighted by Crippen LogP contribution is -2.41. The van der Waals surface area contributed by atoms with Gasteiger partial charge in [-0.2, -0.15) is 0 Å². The summed E-state index contributed by atoms with van der Waals surface area (Å²) in [7, 11) is 0. The third-order valence-corrected chi connectivity index (χ3v) is 6.03. The number of piperidine rings is 1. The fourth-order valence-corrected chi connectivity index (χ4v) is 4.29. The summed E-state index contributed by atoms with van der Waals surface area (Å²) in [6.45, 7) is 1.19. The Morgan fingerprint density at radius 3 is 2.41 bits per heavy atom. The van der Waals surface area contributed by atoms with E-state index in [1.165, 1.54) is 12.1 Å². The van der Waals surface area contributed by atoms with Crippen LogP contribution in [0.5, 0.6) is 5.75 Å². The molecule has 11 heteroatoms. The van der Waals surface area contributed by atoms with Gasteiger partial charge in [-0.3, -0.25) is 9.36 Å². The Balaban J connectivity index is 1.23. The predicted molar refractivity (Wildman–Crippen MR) is 131 cm³/mol. The quantitative estimate of drug-likeness (QED) is 0.391. The molecule has 37 heavy (non-hydrogen) atoms. The summed E-state index contributed by atoms with van der Waals surface area (Å²) < 4.78 is 42.8. The molecule has 1 aliphatic rings. The van der Waals surface area contributed by atoms with Crippen molar-refractivity contribution in [3.8, 4) is 23.0 Å². The molecule has 1 unspecified atom stereocenters. The van der Waals surface area contributed by atoms with Gasteiger partial charge in [0, 0.05) is 36.7 Å². The van der Waals surface area contributed by atoms with E-state index in [9.17, 15) is 18.0 Å². The second-order valence-corrected chi connectivity index (χ2v) is 8.58. The first-order valence-corrected chi connectivity index (χ1v) is 11.7. The molecule has 190 valence electrons. The van der Waals surface area contributed by atoms with E-state index in [0.717, 1.165) is 36.5 Å². The van der Waals surface area contributed by atoms with Crippen LogP contribution in [0.3, 0.4) is 0 Å². The molecule has 5 rings (SSSR count). The standard InChI is InChI=1S/C26H23F3N6O2/c27-26(28,29)37-21-10-8-20(9-11-21)31-25(36)19-7-4-15-34(17-19)22-12-13-23(33-32-22)35-16-14-30-24(35)18-5-2-1-3-6-18/h1-3,5-6,8-14,16,19H,4,7,15,17H2,(H,31,36). The van der Waals surface area contributed by atoms with Crippen LogP contribution in [0.2, 0.25) is 0 Å². The average molecular weight is 509 g/mol. The van der Waals surface area contributed by atoms with Crippen LogP contribution in [-0.4, -0.2) is 45.1 Å². The van der Waals surface area contributed by atoms with Crippen molar-refractivity contribution in [1.29, 1.82) is 0 Å². The SMILES string of the molecule is O=C(Nc1ccc(OC(F)(F)F)cc1)C1CCCN(c2ccc(-n3ccnc3-c3ccccc3)nn2)C1. The summed E-state index contributed by atoms with van der Waals surface area (Å²) in [5.41, 5.74) is 1.36. The molecule has 0 aliphatic carbocycles. The highest BCUT2D eigenvalue weighted by Gasteiger charge is 2.31. The molecule has 8 nitrogen and oxygen atoms in total. The first-order valence-electron chi connectivity index (χ1n) is 11.7. The number of benzene rings is 2. The van der Waals surface area contributed by atoms with E-state index in [1.54, 1.807) is 6.20 Å². The fraction of sp³-hybridized carbons (Fsp3) is 0.231. The molecule has 1 saturated heterocycles. The number of anilines is 2. The minimum Gasteiger partial charge on any atom is -0.406 e. The number of carbonyl (C=O) groups is 1. The zero-order valence-electron chi connectivity index (χ0n) is 19.6. The van der Waals surface area contributed by atoms with E-state index < -0.39 is 6.36 Å². The van der Waals surface area contributed by atoms with Gasteiger partial charge in [-0.05, 0) is 49.2 Å². The molecular weight excluding hydrogens is 485 g/mol. The number of hydrogen-bond donors (Lipinski definition) is 1. The maximum Gasteiger partial charge on any atom is 0.573 e. The van der Waals surface area contributed by atoms with Crippen LogP contribution < -0.4 is 15.0 Å². The molecule has 1 amide bonds. The van der Waals surface area contributed by atoms with Crippen molar-refractivity contribution < 1.29 is 22.7 Å². The average Bonchev–Trinajstić information content (AvgIpc) is 3.40. The Kier molecular flexibility index (Phi) is 6.76. The van der Waals surface area contributed by atoms with E-state index in [0.29, 0.717) is 30.3 Å². The Labute approximate surface area is 210 Å². The van der Waals surface area contributed by atoms with Crippen molar-refractivity contribution in [3.63, 3.8) is 0 Å². The molecule has 1 aliphatic heterocycles. The lowest BCUT2D eigenvalue weighted by molar-refractivity contribution is -0.274. The summed E-state index contributed by atoms with van der Waals surface area (Å²) >= 11 is 0. The summed E-state index contributed by atoms with van der Waals surface area (Å²) in [4.78, 5) is 19.3. The van der Waals surface area contributed by atoms with Crippen molar-refractivity contribution in [3.05, 3.63) is 79.1 Å². The molecule has 1 fully saturated rings. The number of amides is 1. The third kappa shape index (κ3) is 5.88. The van der Waals surface area contributed by atoms with Gasteiger partial charge in [-0.1, -0.05) is 30.3 Å². The van der Waals surface area contributed by atoms with Gasteiger partial charge in [0.1, 0.15) is 11.6 Å². The number of imidazole rings is 1. The zero-order valence-corrected chi connectivity index (χ0v) is 19.6. The molecule has 3 heterocycles. The molecule has 0 bridgehead atoms. The Bertz CT molecular complexity index is 1340. The monoisotopic (exact) mass is 508 g/mol. The van der Waals surface area contributed by atoms with Gasteiger partial charge in [0.15, 0.2) is 11.6 Å². The molecule has 4 aromatic rings. The number of carbonyl (C=O) groups excluding carboxylic acids is 1. The van der Waals surface area contributed by atoms with Crippen LogP contribution >= 0.6 is 0 Å². The Morgan fingerprint density at radius 1 is 0.973 bits per heavy atom. The van der Waals surface area contributed by atoms with Crippen LogP contribution in [-0.2, 0) is 4.79 Å². The van der Waals surface area contributed by atoms with Crippen molar-refractivity contribution >= 4 is 17.4 Å². The van der Waals surface area contributed by atoms with Gasteiger partial charge in [0.2, 0.25) is 5.91 Å². The van der Waals surface area contributed by atoms with E-state index in [-0.39, 0.29) is 17.6 Å². The minimum absolute atomic E-state index is 0.204. The maximum absolute atomic E-state index is 12.8. The van der Waals surface area contributed by atoms with Gasteiger partial charge in [0.25, 0.3) is 0 Å². The van der Waals surface area contributed by atoms with Crippen molar-refractivity contribution in [2.24, 2.45) is 5.92 Å². The third-order valence-electron chi connectivity index (χ3n) is 6.03. The number of alkyl halides is 3. The summed E-state index contributed by atoms with van der Waals surface area (Å²) in [6.07, 6.45) is 0.260. The largest absolute Gasteiger partial charge is 0.573 e. The van der Waals surface area contributed by atoms with Crippen LogP contribution in [0.15, 0.2) is 79.1 Å². The molecule has 2 aromatic heterocycles. The number of nitrogens with one attached hydrogen (secondary N) is 1. The molecule has 2 aromatic carbocycles. The second-order valence-electron chi connectivity index (χ2n) is 8.58. The van der Waals surface area contributed by atoms with Crippen LogP contribution in [0.1, 0.15) is 12.8 Å². The summed E-state index contributed by atoms with van der Waals surface area (Å²) in [5, 5.41) is 11.6. The normalized spacial score (nSPS) is 15.9. The van der Waals surface area contributed by atoms with Gasteiger partial charge >= 0.3 is 6.36 Å². The molecular formula is C26H23F3N6O2. The molecule has 1 N–H and O–H groups in total. The topological polar surface area (TPSA) is 85.2 Å². The van der Waals surface area contributed by atoms with Crippen LogP contribution in [0, 0.1) is 5.92 Å². The lowest BCUT2D eigenvalue weighted by atomic mass is 9.97. The Morgan fingerprint density at radius 2 is 1.70 bits per heavy atom. The van der Waals surface area contributed by atoms with E-state index in [4.69, 9.17) is 0 Å². The highest BCUT2D eigenvalue weighted by Crippen LogP contribution is 2.26. The van der Waals surface area contributed by atoms with Crippen LogP contribution in [0.25, 0.3) is 17.2 Å². The van der Waals surface area contributed by atoms with Gasteiger partial charge in [0.05, 0.1) is 5.92 Å². The lowest BCUT2D eigenvalue weighted by Gasteiger charge is -2.32. The van der Waals surface area contributed by atoms with Crippen LogP contribution in [0.4, 0.5) is 24.7 Å². The van der Waals surface area contributed by atoms with Gasteiger partial charge < -0.3 is 15.0 Å². The number of ether oxygens (including phenoxy) is 1. The van der Waals surface area contributed by atoms with Gasteiger partial charge in [-0.15, -0.1) is 23.4 Å². The highest BCUT2D eigenvalue weighted by atomic mass is 19.4. The van der Waals surface area contributed by atoms with E-state index in [1.807, 2.05) is 58.1 Å². The number of halogens is 3. The number of nitrogens with zero attached hydrogens (tertiary/aromatic N) is 5. The smallest absolute Gasteiger partial charge is 0.406 e. The van der Waals surface area contributed by atoms with Crippen molar-refractivity contribution in [2.45, 2.75) is 19.2 Å². The molecule has 0 radical (unpaired) electrons. The predicted octanol–water partition coefficient (Wildman–Crippen LogP) is 5.08. The van der Waals surface area contributed by atoms with E-state index >= 15 is 0 Å². The number of aromatic nitrogens is 4. The zero-order chi connectivity index (χ0) is 25.8. The number of hydrogen-bond acceptors (Lipinski definition) is 6. The first kappa shape index (κ1) is 24.3. The summed E-state index contributed by atoms with van der Waals surface area (Å²) in [5.74, 6) is 1.20. The fourth-order valence-electron chi connectivity index (χ4n) is 4.29. The molecule has 0 saturated carbocycles. The number of rotatable bonds is 6. The maximum atomic E-state index is 12.8. The van der Waals surface area contributed by atoms with E-state index in [2.05, 4.69) is 25.2 Å². The Hall–Kier alpha value is -4.41. The minimum atomic E-state index is -4.76. The first-order chi connectivity index (χ1) is 17.9. The molecule has 0 spiro atoms. The second kappa shape index (κ2) is 10.3. The van der Waals surface area contributed by atoms with Gasteiger partial charge in [-0.25, -0.2) is 4.98 Å². The van der Waals surface area contributed by atoms with Crippen molar-refractivity contribution in [1.82, 2.24) is 19.7 Å².